The van der Waals surface area contributed by atoms with E-state index < -0.39 is 0 Å². The fraction of sp³-hybridized carbons (Fsp3) is 0.200. The molecule has 7 nitrogen and oxygen atoms in total. The van der Waals surface area contributed by atoms with Gasteiger partial charge in [-0.25, -0.2) is 4.39 Å². The van der Waals surface area contributed by atoms with Gasteiger partial charge >= 0.3 is 0 Å². The van der Waals surface area contributed by atoms with Crippen LogP contribution in [0.15, 0.2) is 48.5 Å². The van der Waals surface area contributed by atoms with Crippen molar-refractivity contribution in [1.29, 1.82) is 0 Å². The number of benzene rings is 2. The first-order valence-electron chi connectivity index (χ1n) is 8.88. The molecule has 4 rings (SSSR count). The molecule has 1 aliphatic heterocycles. The van der Waals surface area contributed by atoms with Crippen LogP contribution in [0.1, 0.15) is 27.7 Å². The lowest BCUT2D eigenvalue weighted by atomic mass is 10.1. The van der Waals surface area contributed by atoms with E-state index in [4.69, 9.17) is 4.74 Å². The second-order valence-electron chi connectivity index (χ2n) is 6.51. The zero-order valence-electron chi connectivity index (χ0n) is 15.5. The maximum Gasteiger partial charge on any atom is 0.257 e. The molecule has 0 bridgehead atoms. The molecule has 2 amide bonds. The Kier molecular flexibility index (Phi) is 5.22. The third-order valence-corrected chi connectivity index (χ3v) is 5.61. The minimum absolute atomic E-state index is 0.0567. The lowest BCUT2D eigenvalue weighted by Crippen LogP contribution is -2.24. The van der Waals surface area contributed by atoms with Crippen LogP contribution in [0.4, 0.5) is 15.2 Å². The first-order chi connectivity index (χ1) is 14.0. The second-order valence-corrected chi connectivity index (χ2v) is 7.52. The Morgan fingerprint density at radius 3 is 2.79 bits per heavy atom. The quantitative estimate of drug-likeness (QED) is 0.694. The Bertz CT molecular complexity index is 1050. The van der Waals surface area contributed by atoms with Gasteiger partial charge in [-0.3, -0.25) is 14.9 Å². The van der Waals surface area contributed by atoms with Crippen molar-refractivity contribution in [1.82, 2.24) is 10.2 Å². The molecule has 1 fully saturated rings. The maximum atomic E-state index is 13.1. The van der Waals surface area contributed by atoms with Crippen LogP contribution < -0.4 is 15.0 Å². The Labute approximate surface area is 170 Å². The van der Waals surface area contributed by atoms with Gasteiger partial charge in [0.25, 0.3) is 5.91 Å². The summed E-state index contributed by atoms with van der Waals surface area (Å²) in [7, 11) is 1.53. The van der Waals surface area contributed by atoms with Crippen molar-refractivity contribution < 1.29 is 18.7 Å². The van der Waals surface area contributed by atoms with Crippen LogP contribution in [0.5, 0.6) is 5.75 Å². The van der Waals surface area contributed by atoms with Crippen molar-refractivity contribution in [3.8, 4) is 5.75 Å². The van der Waals surface area contributed by atoms with Crippen LogP contribution >= 0.6 is 11.3 Å². The number of carbonyl (C=O) groups is 2. The zero-order valence-corrected chi connectivity index (χ0v) is 16.3. The third-order valence-electron chi connectivity index (χ3n) is 4.61. The van der Waals surface area contributed by atoms with Crippen LogP contribution in [-0.4, -0.2) is 35.7 Å². The predicted octanol–water partition coefficient (Wildman–Crippen LogP) is 3.46. The molecule has 1 unspecified atom stereocenters. The highest BCUT2D eigenvalue weighted by Crippen LogP contribution is 2.34. The summed E-state index contributed by atoms with van der Waals surface area (Å²) in [5, 5.41) is 11.9. The summed E-state index contributed by atoms with van der Waals surface area (Å²) in [6.45, 7) is 0.433. The number of anilines is 2. The number of aromatic nitrogens is 2. The fourth-order valence-corrected chi connectivity index (χ4v) is 3.96. The highest BCUT2D eigenvalue weighted by Gasteiger charge is 2.34. The summed E-state index contributed by atoms with van der Waals surface area (Å²) in [5.74, 6) is -0.272. The average molecular weight is 412 g/mol. The van der Waals surface area contributed by atoms with E-state index in [0.717, 1.165) is 0 Å². The summed E-state index contributed by atoms with van der Waals surface area (Å²) in [4.78, 5) is 26.4. The average Bonchev–Trinajstić information content (AvgIpc) is 3.35. The van der Waals surface area contributed by atoms with Gasteiger partial charge in [-0.05, 0) is 42.5 Å². The molecule has 0 radical (unpaired) electrons. The number of hydrogen-bond donors (Lipinski definition) is 1. The largest absolute Gasteiger partial charge is 0.497 e. The normalized spacial score (nSPS) is 16.1. The molecule has 9 heteroatoms. The molecule has 2 heterocycles. The lowest BCUT2D eigenvalue weighted by molar-refractivity contribution is -0.117. The molecule has 1 aromatic heterocycles. The Morgan fingerprint density at radius 1 is 1.24 bits per heavy atom. The molecular formula is C20H17FN4O3S. The predicted molar refractivity (Wildman–Crippen MR) is 107 cm³/mol. The van der Waals surface area contributed by atoms with Gasteiger partial charge in [-0.15, -0.1) is 10.2 Å². The van der Waals surface area contributed by atoms with E-state index >= 15 is 0 Å². The van der Waals surface area contributed by atoms with Crippen molar-refractivity contribution >= 4 is 34.0 Å². The van der Waals surface area contributed by atoms with E-state index in [-0.39, 0.29) is 30.0 Å². The number of ether oxygens (including phenoxy) is 1. The van der Waals surface area contributed by atoms with Gasteiger partial charge in [0, 0.05) is 30.1 Å². The molecule has 148 valence electrons. The van der Waals surface area contributed by atoms with Gasteiger partial charge in [-0.1, -0.05) is 17.4 Å². The second kappa shape index (κ2) is 7.96. The van der Waals surface area contributed by atoms with E-state index in [0.29, 0.717) is 33.7 Å². The number of amides is 2. The van der Waals surface area contributed by atoms with E-state index in [1.165, 1.54) is 30.6 Å². The molecule has 1 saturated heterocycles. The molecule has 29 heavy (non-hydrogen) atoms. The minimum atomic E-state index is -0.350. The van der Waals surface area contributed by atoms with Crippen molar-refractivity contribution in [2.24, 2.45) is 0 Å². The molecule has 3 aromatic rings. The SMILES string of the molecule is COc1cccc(C(=O)Nc2nnc(C3CC(=O)N(c4ccc(F)cc4)C3)s2)c1. The number of halogens is 1. The zero-order chi connectivity index (χ0) is 20.4. The minimum Gasteiger partial charge on any atom is -0.497 e. The van der Waals surface area contributed by atoms with Gasteiger partial charge in [0.2, 0.25) is 11.0 Å². The number of nitrogens with zero attached hydrogens (tertiary/aromatic N) is 3. The van der Waals surface area contributed by atoms with E-state index in [1.807, 2.05) is 0 Å². The summed E-state index contributed by atoms with van der Waals surface area (Å²) < 4.78 is 18.3. The van der Waals surface area contributed by atoms with Crippen LogP contribution in [-0.2, 0) is 4.79 Å². The number of hydrogen-bond acceptors (Lipinski definition) is 6. The topological polar surface area (TPSA) is 84.4 Å². The Balaban J connectivity index is 1.44. The van der Waals surface area contributed by atoms with Gasteiger partial charge < -0.3 is 9.64 Å². The van der Waals surface area contributed by atoms with Gasteiger partial charge in [0.05, 0.1) is 7.11 Å². The summed E-state index contributed by atoms with van der Waals surface area (Å²) in [5.41, 5.74) is 1.09. The molecule has 1 atom stereocenters. The first-order valence-corrected chi connectivity index (χ1v) is 9.70. The highest BCUT2D eigenvalue weighted by molar-refractivity contribution is 7.15. The van der Waals surface area contributed by atoms with E-state index in [1.54, 1.807) is 41.3 Å². The van der Waals surface area contributed by atoms with Gasteiger partial charge in [0.15, 0.2) is 0 Å². The van der Waals surface area contributed by atoms with Crippen molar-refractivity contribution in [2.45, 2.75) is 12.3 Å². The summed E-state index contributed by atoms with van der Waals surface area (Å²) in [6, 6.07) is 12.6. The Hall–Kier alpha value is -3.33. The molecule has 0 spiro atoms. The molecule has 1 aliphatic rings. The van der Waals surface area contributed by atoms with Gasteiger partial charge in [-0.2, -0.15) is 0 Å². The first kappa shape index (κ1) is 19.0. The van der Waals surface area contributed by atoms with Crippen molar-refractivity contribution in [3.05, 3.63) is 64.9 Å². The third kappa shape index (κ3) is 4.09. The molecule has 0 saturated carbocycles. The highest BCUT2D eigenvalue weighted by atomic mass is 32.1. The lowest BCUT2D eigenvalue weighted by Gasteiger charge is -2.16. The molecule has 0 aliphatic carbocycles. The molecule has 1 N–H and O–H groups in total. The monoisotopic (exact) mass is 412 g/mol. The van der Waals surface area contributed by atoms with Crippen LogP contribution in [0, 0.1) is 5.82 Å². The number of rotatable bonds is 5. The van der Waals surface area contributed by atoms with Crippen LogP contribution in [0.25, 0.3) is 0 Å². The van der Waals surface area contributed by atoms with Crippen LogP contribution in [0.3, 0.4) is 0 Å². The van der Waals surface area contributed by atoms with E-state index in [9.17, 15) is 14.0 Å². The maximum absolute atomic E-state index is 13.1. The van der Waals surface area contributed by atoms with Gasteiger partial charge in [0.1, 0.15) is 16.6 Å². The summed E-state index contributed by atoms with van der Waals surface area (Å²) >= 11 is 1.24. The standard InChI is InChI=1S/C20H17FN4O3S/c1-28-16-4-2-3-12(9-16)18(27)22-20-24-23-19(29-20)13-10-17(26)25(11-13)15-7-5-14(21)6-8-15/h2-9,13H,10-11H2,1H3,(H,22,24,27). The van der Waals surface area contributed by atoms with E-state index in [2.05, 4.69) is 15.5 Å². The molecule has 2 aromatic carbocycles. The number of carbonyl (C=O) groups excluding carboxylic acids is 2. The summed E-state index contributed by atoms with van der Waals surface area (Å²) in [6.07, 6.45) is 0.288. The fourth-order valence-electron chi connectivity index (χ4n) is 3.13. The van der Waals surface area contributed by atoms with Crippen molar-refractivity contribution in [2.75, 3.05) is 23.9 Å². The van der Waals surface area contributed by atoms with Crippen LogP contribution in [0.2, 0.25) is 0 Å². The number of nitrogens with one attached hydrogen (secondary N) is 1. The molecular weight excluding hydrogens is 395 g/mol. The van der Waals surface area contributed by atoms with Crippen molar-refractivity contribution in [3.63, 3.8) is 0 Å². The smallest absolute Gasteiger partial charge is 0.257 e. The Morgan fingerprint density at radius 2 is 2.03 bits per heavy atom. The number of methoxy groups -OCH3 is 1.